The fourth-order valence-corrected chi connectivity index (χ4v) is 6.09. The maximum atomic E-state index is 12.5. The van der Waals surface area contributed by atoms with E-state index in [-0.39, 0.29) is 34.1 Å². The van der Waals surface area contributed by atoms with Gasteiger partial charge in [0.1, 0.15) is 72.5 Å². The van der Waals surface area contributed by atoms with Crippen LogP contribution in [0.25, 0.3) is 12.2 Å². The number of carbonyl (C=O) groups is 1. The number of rotatable bonds is 10. The van der Waals surface area contributed by atoms with Crippen LogP contribution in [-0.4, -0.2) is 152 Å². The lowest BCUT2D eigenvalue weighted by Crippen LogP contribution is -2.60. The van der Waals surface area contributed by atoms with Crippen LogP contribution in [0.5, 0.6) is 46.0 Å². The summed E-state index contributed by atoms with van der Waals surface area (Å²) in [5.74, 6) is -5.15. The molecule has 0 aliphatic carbocycles. The molecule has 0 saturated carbocycles. The van der Waals surface area contributed by atoms with E-state index in [0.717, 1.165) is 24.3 Å². The molecule has 6 rings (SSSR count). The highest BCUT2D eigenvalue weighted by Gasteiger charge is 2.48. The Balaban J connectivity index is 1.29. The Hall–Kier alpha value is -5.55. The molecule has 2 saturated heterocycles. The van der Waals surface area contributed by atoms with Crippen LogP contribution in [0.2, 0.25) is 0 Å². The summed E-state index contributed by atoms with van der Waals surface area (Å²) in [4.78, 5) is 12.5. The van der Waals surface area contributed by atoms with Gasteiger partial charge >= 0.3 is 5.97 Å². The van der Waals surface area contributed by atoms with Crippen molar-refractivity contribution in [1.82, 2.24) is 0 Å². The van der Waals surface area contributed by atoms with Gasteiger partial charge in [0.05, 0.1) is 18.2 Å². The number of benzene rings is 3. The fraction of sp³-hybridized carbons (Fsp3) is 0.361. The number of phenolic OH excluding ortho intramolecular Hbond substituents is 6. The summed E-state index contributed by atoms with van der Waals surface area (Å²) in [6, 6.07) is 8.06. The first-order valence-electron chi connectivity index (χ1n) is 16.8. The first kappa shape index (κ1) is 40.1. The van der Waals surface area contributed by atoms with Gasteiger partial charge in [-0.2, -0.15) is 0 Å². The predicted octanol–water partition coefficient (Wildman–Crippen LogP) is -1.48. The van der Waals surface area contributed by atoms with Crippen LogP contribution in [0, 0.1) is 0 Å². The van der Waals surface area contributed by atoms with E-state index >= 15 is 0 Å². The van der Waals surface area contributed by atoms with Gasteiger partial charge in [0.15, 0.2) is 34.5 Å². The minimum absolute atomic E-state index is 0.00308. The molecule has 3 aromatic rings. The van der Waals surface area contributed by atoms with Crippen molar-refractivity contribution in [2.24, 2.45) is 0 Å². The zero-order valence-corrected chi connectivity index (χ0v) is 28.7. The largest absolute Gasteiger partial charge is 0.571 e. The van der Waals surface area contributed by atoms with Crippen LogP contribution in [0.1, 0.15) is 22.8 Å². The van der Waals surface area contributed by atoms with Crippen LogP contribution < -0.4 is 4.74 Å². The van der Waals surface area contributed by atoms with E-state index in [9.17, 15) is 71.2 Å². The Labute approximate surface area is 315 Å². The van der Waals surface area contributed by atoms with Crippen molar-refractivity contribution in [3.8, 4) is 46.0 Å². The van der Waals surface area contributed by atoms with Gasteiger partial charge in [0.25, 0.3) is 11.9 Å². The molecule has 0 bridgehead atoms. The van der Waals surface area contributed by atoms with Gasteiger partial charge in [-0.3, -0.25) is 0 Å². The number of fused-ring (bicyclic) bond motifs is 1. The van der Waals surface area contributed by atoms with Crippen molar-refractivity contribution < 1.29 is 99.6 Å². The minimum Gasteiger partial charge on any atom is -0.571 e. The summed E-state index contributed by atoms with van der Waals surface area (Å²) in [6.45, 7) is -1.45. The maximum Gasteiger partial charge on any atom is 0.330 e. The van der Waals surface area contributed by atoms with Crippen LogP contribution in [0.4, 0.5) is 0 Å². The van der Waals surface area contributed by atoms with Crippen molar-refractivity contribution in [3.05, 3.63) is 71.0 Å². The highest BCUT2D eigenvalue weighted by atomic mass is 16.7. The fourth-order valence-electron chi connectivity index (χ4n) is 6.09. The average Bonchev–Trinajstić information content (AvgIpc) is 3.16. The molecule has 20 nitrogen and oxygen atoms in total. The third kappa shape index (κ3) is 8.18. The van der Waals surface area contributed by atoms with Crippen LogP contribution in [0.3, 0.4) is 0 Å². The van der Waals surface area contributed by atoms with Gasteiger partial charge < -0.3 is 94.8 Å². The average molecular weight is 792 g/mol. The molecule has 3 aliphatic heterocycles. The molecule has 0 radical (unpaired) electrons. The lowest BCUT2D eigenvalue weighted by atomic mass is 9.98. The van der Waals surface area contributed by atoms with Gasteiger partial charge in [-0.05, 0) is 35.9 Å². The number of carbonyl (C=O) groups excluding carboxylic acids is 1. The zero-order chi connectivity index (χ0) is 40.6. The second-order valence-electron chi connectivity index (χ2n) is 13.0. The Morgan fingerprint density at radius 2 is 1.34 bits per heavy atom. The summed E-state index contributed by atoms with van der Waals surface area (Å²) in [5.41, 5.74) is 0.301. The first-order chi connectivity index (χ1) is 26.6. The number of hydrogen-bond acceptors (Lipinski definition) is 19. The normalized spacial score (nSPS) is 30.2. The van der Waals surface area contributed by atoms with Crippen molar-refractivity contribution in [3.63, 3.8) is 0 Å². The molecule has 3 heterocycles. The Morgan fingerprint density at radius 3 is 1.98 bits per heavy atom. The van der Waals surface area contributed by atoms with Gasteiger partial charge in [-0.25, -0.2) is 4.79 Å². The van der Waals surface area contributed by atoms with Crippen LogP contribution >= 0.6 is 0 Å². The summed E-state index contributed by atoms with van der Waals surface area (Å²) in [7, 11) is 0. The van der Waals surface area contributed by atoms with Crippen molar-refractivity contribution in [2.75, 3.05) is 13.2 Å². The lowest BCUT2D eigenvalue weighted by molar-refractivity contribution is -0.296. The molecule has 3 aromatic carbocycles. The SMILES string of the molecule is O=C(C=Cc1ccc(O)c(O)c1)OCC1OC(OC2=Cc3c(OC4OC(CO)C(O)C(O)C4O)cc(O)cc3[OH+]C2c2cc(O)c(O)c(O)c2)C(O)C(O)C1O. The third-order valence-corrected chi connectivity index (χ3v) is 9.15. The number of phenols is 6. The van der Waals surface area contributed by atoms with Crippen LogP contribution in [-0.2, 0) is 23.7 Å². The summed E-state index contributed by atoms with van der Waals surface area (Å²) in [5, 5.41) is 133. The van der Waals surface area contributed by atoms with Gasteiger partial charge in [-0.15, -0.1) is 0 Å². The molecule has 0 amide bonds. The van der Waals surface area contributed by atoms with Crippen molar-refractivity contribution in [2.45, 2.75) is 67.5 Å². The van der Waals surface area contributed by atoms with E-state index in [1.54, 1.807) is 0 Å². The molecule has 56 heavy (non-hydrogen) atoms. The van der Waals surface area contributed by atoms with E-state index in [4.69, 9.17) is 23.7 Å². The Bertz CT molecular complexity index is 1960. The summed E-state index contributed by atoms with van der Waals surface area (Å²) < 4.78 is 32.7. The van der Waals surface area contributed by atoms with E-state index in [0.29, 0.717) is 5.56 Å². The quantitative estimate of drug-likeness (QED) is 0.0482. The van der Waals surface area contributed by atoms with E-state index in [1.165, 1.54) is 36.4 Å². The van der Waals surface area contributed by atoms with E-state index in [1.807, 2.05) is 0 Å². The van der Waals surface area contributed by atoms with E-state index in [2.05, 4.69) is 4.74 Å². The molecular formula is C36H39O20+. The van der Waals surface area contributed by atoms with Crippen LogP contribution in [0.15, 0.2) is 54.3 Å². The maximum absolute atomic E-state index is 12.5. The number of aliphatic hydroxyl groups is 8. The molecular weight excluding hydrogens is 752 g/mol. The molecule has 2 fully saturated rings. The number of esters is 1. The van der Waals surface area contributed by atoms with Crippen molar-refractivity contribution >= 4 is 18.1 Å². The summed E-state index contributed by atoms with van der Waals surface area (Å²) >= 11 is 0. The summed E-state index contributed by atoms with van der Waals surface area (Å²) in [6.07, 6.45) is -15.4. The third-order valence-electron chi connectivity index (χ3n) is 9.15. The van der Waals surface area contributed by atoms with Gasteiger partial charge in [-0.1, -0.05) is 6.07 Å². The molecule has 20 heteroatoms. The Kier molecular flexibility index (Phi) is 11.7. The molecule has 11 atom stereocenters. The molecule has 0 aromatic heterocycles. The monoisotopic (exact) mass is 791 g/mol. The highest BCUT2D eigenvalue weighted by Crippen LogP contribution is 2.48. The topological polar surface area (TPSA) is 339 Å². The second-order valence-corrected chi connectivity index (χ2v) is 13.0. The first-order valence-corrected chi connectivity index (χ1v) is 16.8. The van der Waals surface area contributed by atoms with Gasteiger partial charge in [0.2, 0.25) is 12.6 Å². The highest BCUT2D eigenvalue weighted by molar-refractivity contribution is 5.87. The minimum atomic E-state index is -1.96. The zero-order valence-electron chi connectivity index (χ0n) is 28.7. The van der Waals surface area contributed by atoms with E-state index < -0.39 is 115 Å². The van der Waals surface area contributed by atoms with Crippen molar-refractivity contribution in [1.29, 1.82) is 0 Å². The molecule has 11 unspecified atom stereocenters. The lowest BCUT2D eigenvalue weighted by Gasteiger charge is -2.41. The second kappa shape index (κ2) is 16.3. The molecule has 3 aliphatic rings. The standard InChI is InChI=1S/C36H38O20/c37-11-24-28(45)30(47)32(49)35(55-24)53-22-9-15(38)8-21-16(22)10-23(34(52-21)14-6-19(41)27(44)20(42)7-14)54-36-33(50)31(48)29(46)25(56-36)12-51-26(43)4-2-13-1-3-17(39)18(40)5-13/h1-10,24-25,28-42,44-50H,11-12H2/p+1. The molecule has 14 N–H and O–H groups in total. The molecule has 0 spiro atoms. The number of ether oxygens (including phenoxy) is 6. The predicted molar refractivity (Wildman–Crippen MR) is 184 cm³/mol. The number of aromatic hydroxyl groups is 7. The molecule has 302 valence electrons. The number of hydrogen-bond donors (Lipinski definition) is 13. The number of aliphatic hydroxyl groups excluding tert-OH is 7. The van der Waals surface area contributed by atoms with Gasteiger partial charge in [0, 0.05) is 18.2 Å². The Morgan fingerprint density at radius 1 is 0.714 bits per heavy atom. The smallest absolute Gasteiger partial charge is 0.330 e.